The van der Waals surface area contributed by atoms with Crippen molar-refractivity contribution in [1.82, 2.24) is 0 Å². The molecule has 1 aliphatic rings. The Morgan fingerprint density at radius 2 is 2.29 bits per heavy atom. The van der Waals surface area contributed by atoms with Crippen molar-refractivity contribution in [1.29, 1.82) is 0 Å². The van der Waals surface area contributed by atoms with E-state index in [0.29, 0.717) is 12.1 Å². The van der Waals surface area contributed by atoms with E-state index in [1.54, 1.807) is 0 Å². The van der Waals surface area contributed by atoms with Crippen molar-refractivity contribution in [3.63, 3.8) is 0 Å². The molecule has 1 aliphatic heterocycles. The van der Waals surface area contributed by atoms with Crippen LogP contribution in [0.3, 0.4) is 0 Å². The maximum absolute atomic E-state index is 6.12. The second kappa shape index (κ2) is 5.74. The summed E-state index contributed by atoms with van der Waals surface area (Å²) in [5, 5.41) is 4.42. The first-order valence-corrected chi connectivity index (χ1v) is 6.71. The molecule has 0 amide bonds. The summed E-state index contributed by atoms with van der Waals surface area (Å²) in [6.45, 7) is 5.09. The normalized spacial score (nSPS) is 24.6. The van der Waals surface area contributed by atoms with Crippen LogP contribution in [0.4, 0.5) is 5.69 Å². The first kappa shape index (κ1) is 12.7. The first-order valence-electron chi connectivity index (χ1n) is 6.34. The Morgan fingerprint density at radius 3 is 3.06 bits per heavy atom. The number of halogens is 1. The molecule has 2 atom stereocenters. The van der Waals surface area contributed by atoms with Gasteiger partial charge in [-0.2, -0.15) is 0 Å². The molecule has 0 radical (unpaired) electrons. The zero-order chi connectivity index (χ0) is 12.3. The zero-order valence-electron chi connectivity index (χ0n) is 10.5. The van der Waals surface area contributed by atoms with E-state index in [1.807, 2.05) is 12.1 Å². The van der Waals surface area contributed by atoms with E-state index in [4.69, 9.17) is 16.3 Å². The molecule has 0 aliphatic carbocycles. The second-order valence-electron chi connectivity index (χ2n) is 4.68. The van der Waals surface area contributed by atoms with Crippen LogP contribution in [-0.2, 0) is 4.74 Å². The molecule has 94 valence electrons. The summed E-state index contributed by atoms with van der Waals surface area (Å²) < 4.78 is 5.68. The lowest BCUT2D eigenvalue weighted by Gasteiger charge is -2.30. The van der Waals surface area contributed by atoms with Crippen molar-refractivity contribution in [2.75, 3.05) is 11.9 Å². The van der Waals surface area contributed by atoms with E-state index in [9.17, 15) is 0 Å². The average molecular weight is 254 g/mol. The molecule has 0 spiro atoms. The van der Waals surface area contributed by atoms with Crippen LogP contribution < -0.4 is 5.32 Å². The molecule has 1 N–H and O–H groups in total. The summed E-state index contributed by atoms with van der Waals surface area (Å²) in [6, 6.07) is 6.53. The Bertz CT molecular complexity index is 380. The minimum atomic E-state index is 0.403. The number of hydrogen-bond donors (Lipinski definition) is 1. The third kappa shape index (κ3) is 3.14. The molecule has 2 rings (SSSR count). The Kier molecular flexibility index (Phi) is 4.30. The summed E-state index contributed by atoms with van der Waals surface area (Å²) in [6.07, 6.45) is 3.65. The fourth-order valence-electron chi connectivity index (χ4n) is 2.28. The monoisotopic (exact) mass is 253 g/mol. The summed E-state index contributed by atoms with van der Waals surface area (Å²) in [7, 11) is 0. The van der Waals surface area contributed by atoms with Crippen LogP contribution in [0, 0.1) is 6.92 Å². The lowest BCUT2D eigenvalue weighted by molar-refractivity contribution is 0.00925. The molecule has 0 saturated carbocycles. The molecular formula is C14H20ClNO. The molecule has 0 aromatic heterocycles. The van der Waals surface area contributed by atoms with E-state index in [1.165, 1.54) is 0 Å². The minimum Gasteiger partial charge on any atom is -0.382 e. The van der Waals surface area contributed by atoms with Gasteiger partial charge >= 0.3 is 0 Å². The second-order valence-corrected chi connectivity index (χ2v) is 5.09. The van der Waals surface area contributed by atoms with Crippen molar-refractivity contribution in [3.8, 4) is 0 Å². The number of anilines is 1. The fraction of sp³-hybridized carbons (Fsp3) is 0.571. The predicted molar refractivity (Wildman–Crippen MR) is 72.9 cm³/mol. The van der Waals surface area contributed by atoms with Crippen molar-refractivity contribution < 1.29 is 4.74 Å². The SMILES string of the molecule is CCC1CC(Nc2cccc(Cl)c2C)CCO1. The van der Waals surface area contributed by atoms with Gasteiger partial charge in [0.2, 0.25) is 0 Å². The summed E-state index contributed by atoms with van der Waals surface area (Å²) in [5.41, 5.74) is 2.29. The van der Waals surface area contributed by atoms with Gasteiger partial charge in [-0.15, -0.1) is 0 Å². The highest BCUT2D eigenvalue weighted by Gasteiger charge is 2.21. The highest BCUT2D eigenvalue weighted by molar-refractivity contribution is 6.31. The Balaban J connectivity index is 2.02. The van der Waals surface area contributed by atoms with E-state index in [2.05, 4.69) is 25.2 Å². The largest absolute Gasteiger partial charge is 0.382 e. The maximum atomic E-state index is 6.12. The summed E-state index contributed by atoms with van der Waals surface area (Å²) >= 11 is 6.12. The minimum absolute atomic E-state index is 0.403. The number of benzene rings is 1. The maximum Gasteiger partial charge on any atom is 0.0592 e. The molecule has 1 heterocycles. The van der Waals surface area contributed by atoms with Crippen LogP contribution in [0.5, 0.6) is 0 Å². The van der Waals surface area contributed by atoms with Crippen molar-refractivity contribution >= 4 is 17.3 Å². The van der Waals surface area contributed by atoms with Gasteiger partial charge in [-0.25, -0.2) is 0 Å². The van der Waals surface area contributed by atoms with Gasteiger partial charge in [0.15, 0.2) is 0 Å². The topological polar surface area (TPSA) is 21.3 Å². The zero-order valence-corrected chi connectivity index (χ0v) is 11.3. The molecule has 1 aromatic carbocycles. The van der Waals surface area contributed by atoms with Gasteiger partial charge in [0.25, 0.3) is 0 Å². The van der Waals surface area contributed by atoms with Gasteiger partial charge < -0.3 is 10.1 Å². The van der Waals surface area contributed by atoms with E-state index < -0.39 is 0 Å². The first-order chi connectivity index (χ1) is 8.20. The smallest absolute Gasteiger partial charge is 0.0592 e. The molecular weight excluding hydrogens is 234 g/mol. The third-order valence-electron chi connectivity index (χ3n) is 3.45. The van der Waals surface area contributed by atoms with Gasteiger partial charge in [0, 0.05) is 23.4 Å². The molecule has 1 saturated heterocycles. The average Bonchev–Trinajstić information content (AvgIpc) is 2.35. The Morgan fingerprint density at radius 1 is 1.47 bits per heavy atom. The Hall–Kier alpha value is -0.730. The van der Waals surface area contributed by atoms with Crippen LogP contribution in [0.2, 0.25) is 5.02 Å². The van der Waals surface area contributed by atoms with Gasteiger partial charge in [-0.1, -0.05) is 24.6 Å². The lowest BCUT2D eigenvalue weighted by Crippen LogP contribution is -2.33. The van der Waals surface area contributed by atoms with Crippen LogP contribution in [-0.4, -0.2) is 18.8 Å². The highest BCUT2D eigenvalue weighted by atomic mass is 35.5. The van der Waals surface area contributed by atoms with Gasteiger partial charge in [0.05, 0.1) is 6.10 Å². The molecule has 3 heteroatoms. The molecule has 17 heavy (non-hydrogen) atoms. The molecule has 2 nitrogen and oxygen atoms in total. The molecule has 1 fully saturated rings. The van der Waals surface area contributed by atoms with E-state index in [0.717, 1.165) is 42.1 Å². The van der Waals surface area contributed by atoms with Gasteiger partial charge in [-0.05, 0) is 43.9 Å². The number of nitrogens with one attached hydrogen (secondary N) is 1. The predicted octanol–water partition coefficient (Wildman–Crippen LogP) is 4.02. The van der Waals surface area contributed by atoms with E-state index >= 15 is 0 Å². The number of hydrogen-bond acceptors (Lipinski definition) is 2. The molecule has 0 bridgehead atoms. The lowest BCUT2D eigenvalue weighted by atomic mass is 10.0. The Labute approximate surface area is 108 Å². The van der Waals surface area contributed by atoms with Crippen molar-refractivity contribution in [3.05, 3.63) is 28.8 Å². The van der Waals surface area contributed by atoms with Gasteiger partial charge in [0.1, 0.15) is 0 Å². The van der Waals surface area contributed by atoms with Crippen LogP contribution in [0.1, 0.15) is 31.7 Å². The van der Waals surface area contributed by atoms with Crippen LogP contribution in [0.15, 0.2) is 18.2 Å². The van der Waals surface area contributed by atoms with Crippen molar-refractivity contribution in [2.24, 2.45) is 0 Å². The third-order valence-corrected chi connectivity index (χ3v) is 3.86. The summed E-state index contributed by atoms with van der Waals surface area (Å²) in [4.78, 5) is 0. The van der Waals surface area contributed by atoms with Crippen molar-refractivity contribution in [2.45, 2.75) is 45.3 Å². The number of ether oxygens (including phenoxy) is 1. The highest BCUT2D eigenvalue weighted by Crippen LogP contribution is 2.26. The number of rotatable bonds is 3. The molecule has 1 aromatic rings. The van der Waals surface area contributed by atoms with Gasteiger partial charge in [-0.3, -0.25) is 0 Å². The fourth-order valence-corrected chi connectivity index (χ4v) is 2.45. The van der Waals surface area contributed by atoms with Crippen LogP contribution in [0.25, 0.3) is 0 Å². The van der Waals surface area contributed by atoms with Crippen LogP contribution >= 0.6 is 11.6 Å². The van der Waals surface area contributed by atoms with E-state index in [-0.39, 0.29) is 0 Å². The molecule has 2 unspecified atom stereocenters. The quantitative estimate of drug-likeness (QED) is 0.879. The standard InChI is InChI=1S/C14H20ClNO/c1-3-12-9-11(7-8-17-12)16-14-6-4-5-13(15)10(14)2/h4-6,11-12,16H,3,7-9H2,1-2H3. The summed E-state index contributed by atoms with van der Waals surface area (Å²) in [5.74, 6) is 0.